The first-order valence-corrected chi connectivity index (χ1v) is 14.0. The Kier molecular flexibility index (Phi) is 8.21. The van der Waals surface area contributed by atoms with E-state index in [9.17, 15) is 13.2 Å². The van der Waals surface area contributed by atoms with Gasteiger partial charge in [-0.1, -0.05) is 26.0 Å². The normalized spacial score (nSPS) is 23.1. The standard InChI is InChI=1S/C28H39F3N8O/c1-15(2)24(19-8-9-21(25(30)31)22(29)11-19)37-12-17(4)38(13-16(37)3)26-23-27(35-28(34-26)36-32)39(18(5)33-23)14-20-7-6-10-40-20/h8-9,11,15-17,20,24-25H,6-7,10,12-14,32H2,1-5H3,(H,34,35,36)/t16-,17+,20+,24?/m1/s1. The van der Waals surface area contributed by atoms with Crippen LogP contribution in [0.1, 0.15) is 70.0 Å². The molecular weight excluding hydrogens is 521 g/mol. The third-order valence-corrected chi connectivity index (χ3v) is 8.20. The van der Waals surface area contributed by atoms with Crippen LogP contribution in [0.3, 0.4) is 0 Å². The smallest absolute Gasteiger partial charge is 0.266 e. The van der Waals surface area contributed by atoms with E-state index in [0.29, 0.717) is 48.1 Å². The van der Waals surface area contributed by atoms with Crippen LogP contribution < -0.4 is 16.2 Å². The van der Waals surface area contributed by atoms with Gasteiger partial charge in [-0.25, -0.2) is 24.0 Å². The lowest BCUT2D eigenvalue weighted by Gasteiger charge is -2.49. The highest BCUT2D eigenvalue weighted by atomic mass is 19.3. The molecule has 40 heavy (non-hydrogen) atoms. The van der Waals surface area contributed by atoms with E-state index in [-0.39, 0.29) is 30.1 Å². The average Bonchev–Trinajstić information content (AvgIpc) is 3.53. The second-order valence-corrected chi connectivity index (χ2v) is 11.4. The SMILES string of the molecule is Cc1nc2c(N3C[C@@H](C)N(C(c4ccc(C(F)F)c(F)c4)C(C)C)C[C@@H]3C)nc(NN)nc2n1C[C@@H]1CCCO1. The Balaban J connectivity index is 1.46. The number of aryl methyl sites for hydroxylation is 1. The van der Waals surface area contributed by atoms with Crippen molar-refractivity contribution in [1.29, 1.82) is 0 Å². The molecule has 0 aliphatic carbocycles. The lowest BCUT2D eigenvalue weighted by Crippen LogP contribution is -2.58. The Bertz CT molecular complexity index is 1340. The molecule has 2 aliphatic rings. The number of alkyl halides is 2. The first kappa shape index (κ1) is 28.6. The number of fused-ring (bicyclic) bond motifs is 1. The van der Waals surface area contributed by atoms with E-state index in [1.807, 2.05) is 6.92 Å². The zero-order chi connectivity index (χ0) is 28.7. The van der Waals surface area contributed by atoms with Crippen LogP contribution in [0, 0.1) is 18.7 Å². The van der Waals surface area contributed by atoms with E-state index in [2.05, 4.69) is 52.5 Å². The molecule has 0 spiro atoms. The third-order valence-electron chi connectivity index (χ3n) is 8.20. The predicted molar refractivity (Wildman–Crippen MR) is 149 cm³/mol. The molecule has 0 saturated carbocycles. The fourth-order valence-corrected chi connectivity index (χ4v) is 6.27. The van der Waals surface area contributed by atoms with Gasteiger partial charge in [-0.3, -0.25) is 10.3 Å². The maximum absolute atomic E-state index is 14.6. The van der Waals surface area contributed by atoms with Crippen LogP contribution in [0.2, 0.25) is 0 Å². The fourth-order valence-electron chi connectivity index (χ4n) is 6.27. The molecule has 0 radical (unpaired) electrons. The maximum Gasteiger partial charge on any atom is 0.266 e. The van der Waals surface area contributed by atoms with E-state index >= 15 is 0 Å². The van der Waals surface area contributed by atoms with Crippen molar-refractivity contribution in [3.8, 4) is 0 Å². The molecule has 2 aliphatic heterocycles. The first-order valence-electron chi connectivity index (χ1n) is 14.0. The summed E-state index contributed by atoms with van der Waals surface area (Å²) in [5, 5.41) is 0. The Hall–Kier alpha value is -2.96. The number of piperazine rings is 1. The van der Waals surface area contributed by atoms with Gasteiger partial charge in [0.25, 0.3) is 6.43 Å². The predicted octanol–water partition coefficient (Wildman–Crippen LogP) is 4.97. The van der Waals surface area contributed by atoms with Crippen molar-refractivity contribution >= 4 is 22.9 Å². The molecule has 9 nitrogen and oxygen atoms in total. The van der Waals surface area contributed by atoms with Crippen molar-refractivity contribution in [2.75, 3.05) is 30.0 Å². The zero-order valence-electron chi connectivity index (χ0n) is 23.7. The molecular formula is C28H39F3N8O. The first-order chi connectivity index (χ1) is 19.1. The second kappa shape index (κ2) is 11.5. The van der Waals surface area contributed by atoms with Crippen molar-refractivity contribution in [3.05, 3.63) is 41.0 Å². The molecule has 4 heterocycles. The minimum absolute atomic E-state index is 0.0231. The number of ether oxygens (including phenoxy) is 1. The summed E-state index contributed by atoms with van der Waals surface area (Å²) in [5.41, 5.74) is 4.18. The number of nitrogen functional groups attached to an aromatic ring is 1. The van der Waals surface area contributed by atoms with Crippen molar-refractivity contribution in [2.24, 2.45) is 11.8 Å². The number of nitrogens with zero attached hydrogens (tertiary/aromatic N) is 6. The number of nitrogens with two attached hydrogens (primary N) is 1. The second-order valence-electron chi connectivity index (χ2n) is 11.4. The van der Waals surface area contributed by atoms with Gasteiger partial charge >= 0.3 is 0 Å². The zero-order valence-corrected chi connectivity index (χ0v) is 23.7. The van der Waals surface area contributed by atoms with E-state index in [1.54, 1.807) is 6.07 Å². The molecule has 3 aromatic rings. The van der Waals surface area contributed by atoms with Crippen molar-refractivity contribution < 1.29 is 17.9 Å². The Morgan fingerprint density at radius 1 is 1.12 bits per heavy atom. The molecule has 5 rings (SSSR count). The van der Waals surface area contributed by atoms with Gasteiger partial charge in [0.1, 0.15) is 11.6 Å². The minimum Gasteiger partial charge on any atom is -0.376 e. The summed E-state index contributed by atoms with van der Waals surface area (Å²) < 4.78 is 48.9. The van der Waals surface area contributed by atoms with Crippen molar-refractivity contribution in [3.63, 3.8) is 0 Å². The summed E-state index contributed by atoms with van der Waals surface area (Å²) >= 11 is 0. The summed E-state index contributed by atoms with van der Waals surface area (Å²) in [4.78, 5) is 18.9. The monoisotopic (exact) mass is 560 g/mol. The number of hydrogen-bond donors (Lipinski definition) is 2. The highest BCUT2D eigenvalue weighted by molar-refractivity contribution is 5.85. The van der Waals surface area contributed by atoms with Crippen LogP contribution in [0.5, 0.6) is 0 Å². The molecule has 218 valence electrons. The van der Waals surface area contributed by atoms with E-state index < -0.39 is 17.8 Å². The van der Waals surface area contributed by atoms with Crippen LogP contribution >= 0.6 is 0 Å². The van der Waals surface area contributed by atoms with Crippen LogP contribution in [0.4, 0.5) is 24.9 Å². The molecule has 2 saturated heterocycles. The van der Waals surface area contributed by atoms with Crippen LogP contribution in [0.15, 0.2) is 18.2 Å². The van der Waals surface area contributed by atoms with E-state index in [1.165, 1.54) is 12.1 Å². The summed E-state index contributed by atoms with van der Waals surface area (Å²) in [6.45, 7) is 13.1. The number of imidazole rings is 1. The number of hydrazine groups is 1. The van der Waals surface area contributed by atoms with Crippen molar-refractivity contribution in [2.45, 2.75) is 84.7 Å². The van der Waals surface area contributed by atoms with Crippen LogP contribution in [-0.2, 0) is 11.3 Å². The molecule has 4 atom stereocenters. The van der Waals surface area contributed by atoms with Gasteiger partial charge in [-0.15, -0.1) is 0 Å². The third kappa shape index (κ3) is 5.36. The van der Waals surface area contributed by atoms with Gasteiger partial charge in [0.15, 0.2) is 17.0 Å². The molecule has 12 heteroatoms. The van der Waals surface area contributed by atoms with Gasteiger partial charge < -0.3 is 14.2 Å². The molecule has 2 aromatic heterocycles. The number of anilines is 2. The van der Waals surface area contributed by atoms with Gasteiger partial charge in [0.2, 0.25) is 5.95 Å². The quantitative estimate of drug-likeness (QED) is 0.294. The molecule has 2 fully saturated rings. The van der Waals surface area contributed by atoms with Gasteiger partial charge in [-0.2, -0.15) is 9.97 Å². The highest BCUT2D eigenvalue weighted by Crippen LogP contribution is 2.37. The van der Waals surface area contributed by atoms with Crippen molar-refractivity contribution in [1.82, 2.24) is 24.4 Å². The summed E-state index contributed by atoms with van der Waals surface area (Å²) in [6.07, 6.45) is -0.670. The number of hydrogen-bond acceptors (Lipinski definition) is 8. The summed E-state index contributed by atoms with van der Waals surface area (Å²) in [6, 6.07) is 4.05. The molecule has 0 amide bonds. The Morgan fingerprint density at radius 3 is 2.52 bits per heavy atom. The minimum atomic E-state index is -2.84. The van der Waals surface area contributed by atoms with Gasteiger partial charge in [0, 0.05) is 37.8 Å². The number of halogens is 3. The van der Waals surface area contributed by atoms with Crippen LogP contribution in [0.25, 0.3) is 11.2 Å². The lowest BCUT2D eigenvalue weighted by molar-refractivity contribution is 0.0818. The van der Waals surface area contributed by atoms with E-state index in [4.69, 9.17) is 20.5 Å². The summed E-state index contributed by atoms with van der Waals surface area (Å²) in [5.74, 6) is 6.91. The molecule has 0 bridgehead atoms. The summed E-state index contributed by atoms with van der Waals surface area (Å²) in [7, 11) is 0. The fraction of sp³-hybridized carbons (Fsp3) is 0.607. The van der Waals surface area contributed by atoms with Gasteiger partial charge in [-0.05, 0) is 51.2 Å². The molecule has 1 aromatic carbocycles. The number of aromatic nitrogens is 4. The van der Waals surface area contributed by atoms with Gasteiger partial charge in [0.05, 0.1) is 18.2 Å². The molecule has 1 unspecified atom stereocenters. The van der Waals surface area contributed by atoms with E-state index in [0.717, 1.165) is 25.3 Å². The topological polar surface area (TPSA) is 97.4 Å². The highest BCUT2D eigenvalue weighted by Gasteiger charge is 2.37. The lowest BCUT2D eigenvalue weighted by atomic mass is 9.90. The molecule has 3 N–H and O–H groups in total. The maximum atomic E-state index is 14.6. The Labute approximate surface area is 232 Å². The number of nitrogens with one attached hydrogen (secondary N) is 1. The number of rotatable bonds is 8. The Morgan fingerprint density at radius 2 is 1.90 bits per heavy atom. The average molecular weight is 561 g/mol. The largest absolute Gasteiger partial charge is 0.376 e. The van der Waals surface area contributed by atoms with Crippen LogP contribution in [-0.4, -0.2) is 62.3 Å². The number of benzene rings is 1.